The van der Waals surface area contributed by atoms with Crippen LogP contribution in [0.15, 0.2) is 24.5 Å². The lowest BCUT2D eigenvalue weighted by Gasteiger charge is -2.41. The fourth-order valence-corrected chi connectivity index (χ4v) is 3.70. The van der Waals surface area contributed by atoms with E-state index in [2.05, 4.69) is 36.0 Å². The molecule has 118 valence electrons. The van der Waals surface area contributed by atoms with Crippen LogP contribution in [0.3, 0.4) is 0 Å². The van der Waals surface area contributed by atoms with Crippen LogP contribution in [0.25, 0.3) is 0 Å². The predicted molar refractivity (Wildman–Crippen MR) is 89.2 cm³/mol. The van der Waals surface area contributed by atoms with Gasteiger partial charge in [-0.1, -0.05) is 26.2 Å². The first-order valence-electron chi connectivity index (χ1n) is 8.50. The minimum absolute atomic E-state index is 0.219. The number of aromatic nitrogens is 1. The first-order chi connectivity index (χ1) is 10.2. The van der Waals surface area contributed by atoms with Crippen molar-refractivity contribution in [2.75, 3.05) is 20.1 Å². The minimum atomic E-state index is 0.219. The molecule has 0 aliphatic heterocycles. The van der Waals surface area contributed by atoms with Crippen LogP contribution in [0.1, 0.15) is 51.0 Å². The number of rotatable bonds is 6. The Hall–Kier alpha value is -0.930. The van der Waals surface area contributed by atoms with E-state index >= 15 is 0 Å². The number of hydrogen-bond donors (Lipinski definition) is 1. The van der Waals surface area contributed by atoms with Gasteiger partial charge in [0.15, 0.2) is 0 Å². The molecule has 1 fully saturated rings. The topological polar surface area (TPSA) is 42.1 Å². The van der Waals surface area contributed by atoms with Crippen LogP contribution in [0, 0.1) is 5.92 Å². The van der Waals surface area contributed by atoms with Crippen molar-refractivity contribution < 1.29 is 0 Å². The fourth-order valence-electron chi connectivity index (χ4n) is 3.70. The molecule has 0 radical (unpaired) electrons. The zero-order valence-electron chi connectivity index (χ0n) is 13.7. The Labute approximate surface area is 129 Å². The smallest absolute Gasteiger partial charge is 0.0328 e. The van der Waals surface area contributed by atoms with Gasteiger partial charge in [0, 0.05) is 31.0 Å². The molecule has 3 nitrogen and oxygen atoms in total. The lowest BCUT2D eigenvalue weighted by molar-refractivity contribution is 0.107. The molecular weight excluding hydrogens is 258 g/mol. The second-order valence-corrected chi connectivity index (χ2v) is 6.66. The summed E-state index contributed by atoms with van der Waals surface area (Å²) in [5, 5.41) is 0. The van der Waals surface area contributed by atoms with E-state index in [0.29, 0.717) is 0 Å². The first kappa shape index (κ1) is 16.4. The van der Waals surface area contributed by atoms with Gasteiger partial charge in [-0.05, 0) is 56.3 Å². The van der Waals surface area contributed by atoms with E-state index in [1.807, 2.05) is 12.4 Å². The van der Waals surface area contributed by atoms with Gasteiger partial charge in [0.2, 0.25) is 0 Å². The zero-order valence-corrected chi connectivity index (χ0v) is 13.7. The molecule has 1 aliphatic carbocycles. The van der Waals surface area contributed by atoms with Crippen molar-refractivity contribution >= 4 is 0 Å². The molecule has 1 aliphatic rings. The van der Waals surface area contributed by atoms with Crippen LogP contribution in [0.4, 0.5) is 0 Å². The van der Waals surface area contributed by atoms with E-state index in [-0.39, 0.29) is 5.54 Å². The molecule has 0 spiro atoms. The van der Waals surface area contributed by atoms with Crippen molar-refractivity contribution in [1.29, 1.82) is 0 Å². The van der Waals surface area contributed by atoms with E-state index in [4.69, 9.17) is 5.73 Å². The largest absolute Gasteiger partial charge is 0.329 e. The number of nitrogens with two attached hydrogens (primary N) is 1. The standard InChI is InChI=1S/C18H31N3/c1-3-16-5-4-10-18(15-19,11-6-16)21(2)14-9-17-7-12-20-13-8-17/h7-8,12-13,16H,3-6,9-11,14-15,19H2,1-2H3. The van der Waals surface area contributed by atoms with E-state index in [9.17, 15) is 0 Å². The van der Waals surface area contributed by atoms with Crippen molar-refractivity contribution in [2.45, 2.75) is 57.4 Å². The lowest BCUT2D eigenvalue weighted by Crippen LogP contribution is -2.52. The SMILES string of the molecule is CCC1CCCC(CN)(N(C)CCc2ccncc2)CC1. The van der Waals surface area contributed by atoms with Crippen LogP contribution >= 0.6 is 0 Å². The van der Waals surface area contributed by atoms with Gasteiger partial charge in [0.05, 0.1) is 0 Å². The molecule has 2 atom stereocenters. The molecule has 2 N–H and O–H groups in total. The van der Waals surface area contributed by atoms with Crippen LogP contribution in [-0.4, -0.2) is 35.6 Å². The molecule has 0 bridgehead atoms. The van der Waals surface area contributed by atoms with E-state index in [0.717, 1.165) is 25.4 Å². The number of nitrogens with zero attached hydrogens (tertiary/aromatic N) is 2. The summed E-state index contributed by atoms with van der Waals surface area (Å²) in [7, 11) is 2.26. The highest BCUT2D eigenvalue weighted by molar-refractivity contribution is 5.10. The Balaban J connectivity index is 1.95. The first-order valence-corrected chi connectivity index (χ1v) is 8.50. The van der Waals surface area contributed by atoms with Gasteiger partial charge in [0.1, 0.15) is 0 Å². The van der Waals surface area contributed by atoms with Gasteiger partial charge in [-0.25, -0.2) is 0 Å². The van der Waals surface area contributed by atoms with Gasteiger partial charge in [-0.15, -0.1) is 0 Å². The molecule has 1 saturated carbocycles. The van der Waals surface area contributed by atoms with Crippen molar-refractivity contribution in [2.24, 2.45) is 11.7 Å². The van der Waals surface area contributed by atoms with Crippen molar-refractivity contribution in [3.05, 3.63) is 30.1 Å². The van der Waals surface area contributed by atoms with Crippen LogP contribution < -0.4 is 5.73 Å². The monoisotopic (exact) mass is 289 g/mol. The molecule has 2 unspecified atom stereocenters. The molecule has 0 aromatic carbocycles. The van der Waals surface area contributed by atoms with Crippen molar-refractivity contribution in [1.82, 2.24) is 9.88 Å². The summed E-state index contributed by atoms with van der Waals surface area (Å²) in [6.07, 6.45) is 12.7. The fraction of sp³-hybridized carbons (Fsp3) is 0.722. The molecule has 1 aromatic rings. The summed E-state index contributed by atoms with van der Waals surface area (Å²) in [6.45, 7) is 4.20. The third-order valence-corrected chi connectivity index (χ3v) is 5.52. The molecule has 0 saturated heterocycles. The molecule has 21 heavy (non-hydrogen) atoms. The molecule has 2 rings (SSSR count). The van der Waals surface area contributed by atoms with Gasteiger partial charge >= 0.3 is 0 Å². The molecule has 1 heterocycles. The summed E-state index contributed by atoms with van der Waals surface area (Å²) in [6, 6.07) is 4.23. The normalized spacial score (nSPS) is 26.8. The number of pyridine rings is 1. The van der Waals surface area contributed by atoms with Gasteiger partial charge < -0.3 is 5.73 Å². The molecular formula is C18H31N3. The predicted octanol–water partition coefficient (Wildman–Crippen LogP) is 3.24. The molecule has 3 heteroatoms. The maximum atomic E-state index is 6.21. The number of likely N-dealkylation sites (N-methyl/N-ethyl adjacent to an activating group) is 1. The van der Waals surface area contributed by atoms with E-state index in [1.54, 1.807) is 0 Å². The van der Waals surface area contributed by atoms with Crippen LogP contribution in [0.5, 0.6) is 0 Å². The third kappa shape index (κ3) is 4.27. The average molecular weight is 289 g/mol. The second-order valence-electron chi connectivity index (χ2n) is 6.66. The quantitative estimate of drug-likeness (QED) is 0.817. The Morgan fingerprint density at radius 2 is 2.05 bits per heavy atom. The maximum Gasteiger partial charge on any atom is 0.0328 e. The highest BCUT2D eigenvalue weighted by Gasteiger charge is 2.35. The number of hydrogen-bond acceptors (Lipinski definition) is 3. The lowest BCUT2D eigenvalue weighted by atomic mass is 9.87. The highest BCUT2D eigenvalue weighted by Crippen LogP contribution is 2.34. The maximum absolute atomic E-state index is 6.21. The Kier molecular flexibility index (Phi) is 6.19. The van der Waals surface area contributed by atoms with Crippen LogP contribution in [0.2, 0.25) is 0 Å². The Morgan fingerprint density at radius 1 is 1.29 bits per heavy atom. The molecule has 0 amide bonds. The Bertz CT molecular complexity index is 406. The van der Waals surface area contributed by atoms with E-state index < -0.39 is 0 Å². The van der Waals surface area contributed by atoms with Crippen molar-refractivity contribution in [3.63, 3.8) is 0 Å². The van der Waals surface area contributed by atoms with Gasteiger partial charge in [0.25, 0.3) is 0 Å². The Morgan fingerprint density at radius 3 is 2.71 bits per heavy atom. The average Bonchev–Trinajstić information content (AvgIpc) is 2.76. The van der Waals surface area contributed by atoms with Gasteiger partial charge in [-0.3, -0.25) is 9.88 Å². The second kappa shape index (κ2) is 7.90. The van der Waals surface area contributed by atoms with E-state index in [1.165, 1.54) is 44.1 Å². The summed E-state index contributed by atoms with van der Waals surface area (Å²) >= 11 is 0. The summed E-state index contributed by atoms with van der Waals surface area (Å²) in [4.78, 5) is 6.62. The van der Waals surface area contributed by atoms with Gasteiger partial charge in [-0.2, -0.15) is 0 Å². The zero-order chi connectivity index (χ0) is 15.1. The summed E-state index contributed by atoms with van der Waals surface area (Å²) < 4.78 is 0. The summed E-state index contributed by atoms with van der Waals surface area (Å²) in [5.41, 5.74) is 7.80. The highest BCUT2D eigenvalue weighted by atomic mass is 15.2. The minimum Gasteiger partial charge on any atom is -0.329 e. The molecule has 1 aromatic heterocycles. The summed E-state index contributed by atoms with van der Waals surface area (Å²) in [5.74, 6) is 0.909. The third-order valence-electron chi connectivity index (χ3n) is 5.52. The van der Waals surface area contributed by atoms with Crippen LogP contribution in [-0.2, 0) is 6.42 Å². The van der Waals surface area contributed by atoms with Crippen molar-refractivity contribution in [3.8, 4) is 0 Å².